The Kier molecular flexibility index (Phi) is 4.72. The van der Waals surface area contributed by atoms with Gasteiger partial charge in [-0.15, -0.1) is 0 Å². The Bertz CT molecular complexity index is 667. The third kappa shape index (κ3) is 4.45. The molecule has 0 atom stereocenters. The standard InChI is InChI=1S/C17H16FNO2/c1-19(16-7-3-6-15(18)11-16)12-14-5-2-4-13(10-14)8-9-17(20)21/h2-11H,12H2,1H3,(H,20,21). The molecule has 3 nitrogen and oxygen atoms in total. The molecule has 0 radical (unpaired) electrons. The molecule has 0 bridgehead atoms. The maximum Gasteiger partial charge on any atom is 0.328 e. The highest BCUT2D eigenvalue weighted by Gasteiger charge is 2.03. The molecule has 0 aromatic heterocycles. The fourth-order valence-electron chi connectivity index (χ4n) is 2.04. The van der Waals surface area contributed by atoms with E-state index in [1.807, 2.05) is 42.3 Å². The summed E-state index contributed by atoms with van der Waals surface area (Å²) in [6.07, 6.45) is 2.66. The van der Waals surface area contributed by atoms with Crippen molar-refractivity contribution in [1.29, 1.82) is 0 Å². The molecule has 2 aromatic rings. The minimum absolute atomic E-state index is 0.266. The SMILES string of the molecule is CN(Cc1cccc(C=CC(=O)O)c1)c1cccc(F)c1. The van der Waals surface area contributed by atoms with Crippen molar-refractivity contribution in [3.05, 3.63) is 71.6 Å². The van der Waals surface area contributed by atoms with Gasteiger partial charge in [0.15, 0.2) is 0 Å². The van der Waals surface area contributed by atoms with Crippen LogP contribution in [0.3, 0.4) is 0 Å². The Morgan fingerprint density at radius 1 is 1.24 bits per heavy atom. The highest BCUT2D eigenvalue weighted by Crippen LogP contribution is 2.17. The Hall–Kier alpha value is -2.62. The number of hydrogen-bond donors (Lipinski definition) is 1. The second kappa shape index (κ2) is 6.70. The van der Waals surface area contributed by atoms with Crippen molar-refractivity contribution >= 4 is 17.7 Å². The highest BCUT2D eigenvalue weighted by molar-refractivity contribution is 5.85. The molecule has 0 aliphatic carbocycles. The summed E-state index contributed by atoms with van der Waals surface area (Å²) in [5.41, 5.74) is 2.64. The van der Waals surface area contributed by atoms with Gasteiger partial charge in [-0.1, -0.05) is 24.3 Å². The lowest BCUT2D eigenvalue weighted by Crippen LogP contribution is -2.16. The number of carboxylic acids is 1. The molecular formula is C17H16FNO2. The quantitative estimate of drug-likeness (QED) is 0.854. The normalized spacial score (nSPS) is 10.8. The predicted octanol–water partition coefficient (Wildman–Crippen LogP) is 3.56. The van der Waals surface area contributed by atoms with Crippen molar-refractivity contribution in [1.82, 2.24) is 0 Å². The van der Waals surface area contributed by atoms with Crippen LogP contribution < -0.4 is 4.90 Å². The first-order valence-corrected chi connectivity index (χ1v) is 6.51. The largest absolute Gasteiger partial charge is 0.478 e. The van der Waals surface area contributed by atoms with E-state index in [1.165, 1.54) is 12.1 Å². The van der Waals surface area contributed by atoms with Crippen molar-refractivity contribution in [2.75, 3.05) is 11.9 Å². The summed E-state index contributed by atoms with van der Waals surface area (Å²) in [5, 5.41) is 8.63. The molecule has 0 aliphatic rings. The summed E-state index contributed by atoms with van der Waals surface area (Å²) in [4.78, 5) is 12.5. The van der Waals surface area contributed by atoms with E-state index in [9.17, 15) is 9.18 Å². The number of carboxylic acid groups (broad SMARTS) is 1. The molecule has 108 valence electrons. The molecule has 2 aromatic carbocycles. The molecule has 2 rings (SSSR count). The van der Waals surface area contributed by atoms with Crippen LogP contribution >= 0.6 is 0 Å². The Morgan fingerprint density at radius 2 is 2.00 bits per heavy atom. The van der Waals surface area contributed by atoms with Crippen LogP contribution in [-0.4, -0.2) is 18.1 Å². The van der Waals surface area contributed by atoms with Gasteiger partial charge in [-0.2, -0.15) is 0 Å². The van der Waals surface area contributed by atoms with Crippen molar-refractivity contribution < 1.29 is 14.3 Å². The van der Waals surface area contributed by atoms with Crippen molar-refractivity contribution in [3.8, 4) is 0 Å². The topological polar surface area (TPSA) is 40.5 Å². The van der Waals surface area contributed by atoms with Gasteiger partial charge in [0.05, 0.1) is 0 Å². The first-order valence-electron chi connectivity index (χ1n) is 6.51. The van der Waals surface area contributed by atoms with Gasteiger partial charge in [-0.3, -0.25) is 0 Å². The number of nitrogens with zero attached hydrogens (tertiary/aromatic N) is 1. The molecule has 0 spiro atoms. The molecule has 0 saturated carbocycles. The second-order valence-corrected chi connectivity index (χ2v) is 4.75. The lowest BCUT2D eigenvalue weighted by atomic mass is 10.1. The first kappa shape index (κ1) is 14.8. The number of anilines is 1. The lowest BCUT2D eigenvalue weighted by Gasteiger charge is -2.19. The maximum atomic E-state index is 13.2. The molecule has 0 amide bonds. The molecule has 1 N–H and O–H groups in total. The Labute approximate surface area is 123 Å². The third-order valence-corrected chi connectivity index (χ3v) is 3.04. The Morgan fingerprint density at radius 3 is 2.71 bits per heavy atom. The van der Waals surface area contributed by atoms with Gasteiger partial charge in [-0.05, 0) is 41.5 Å². The van der Waals surface area contributed by atoms with E-state index in [-0.39, 0.29) is 5.82 Å². The van der Waals surface area contributed by atoms with Crippen LogP contribution in [0.15, 0.2) is 54.6 Å². The summed E-state index contributed by atoms with van der Waals surface area (Å²) in [7, 11) is 1.88. The van der Waals surface area contributed by atoms with E-state index >= 15 is 0 Å². The van der Waals surface area contributed by atoms with Crippen LogP contribution in [0, 0.1) is 5.82 Å². The fourth-order valence-corrected chi connectivity index (χ4v) is 2.04. The molecule has 21 heavy (non-hydrogen) atoms. The smallest absolute Gasteiger partial charge is 0.328 e. The predicted molar refractivity (Wildman–Crippen MR) is 81.6 cm³/mol. The number of carbonyl (C=O) groups is 1. The fraction of sp³-hybridized carbons (Fsp3) is 0.118. The maximum absolute atomic E-state index is 13.2. The van der Waals surface area contributed by atoms with Crippen molar-refractivity contribution in [3.63, 3.8) is 0 Å². The Balaban J connectivity index is 2.12. The third-order valence-electron chi connectivity index (χ3n) is 3.04. The summed E-state index contributed by atoms with van der Waals surface area (Å²) in [6.45, 7) is 0.609. The van der Waals surface area contributed by atoms with E-state index in [1.54, 1.807) is 12.1 Å². The monoisotopic (exact) mass is 285 g/mol. The van der Waals surface area contributed by atoms with Gasteiger partial charge < -0.3 is 10.0 Å². The van der Waals surface area contributed by atoms with E-state index in [0.29, 0.717) is 6.54 Å². The molecule has 0 aliphatic heterocycles. The van der Waals surface area contributed by atoms with Crippen LogP contribution in [-0.2, 0) is 11.3 Å². The summed E-state index contributed by atoms with van der Waals surface area (Å²) in [5.74, 6) is -1.24. The lowest BCUT2D eigenvalue weighted by molar-refractivity contribution is -0.131. The van der Waals surface area contributed by atoms with E-state index in [4.69, 9.17) is 5.11 Å². The summed E-state index contributed by atoms with van der Waals surface area (Å²) < 4.78 is 13.2. The molecule has 0 fully saturated rings. The zero-order valence-corrected chi connectivity index (χ0v) is 11.7. The summed E-state index contributed by atoms with van der Waals surface area (Å²) >= 11 is 0. The first-order chi connectivity index (χ1) is 10.0. The average molecular weight is 285 g/mol. The van der Waals surface area contributed by atoms with Gasteiger partial charge in [0.25, 0.3) is 0 Å². The van der Waals surface area contributed by atoms with Crippen LogP contribution in [0.1, 0.15) is 11.1 Å². The zero-order chi connectivity index (χ0) is 15.2. The van der Waals surface area contributed by atoms with E-state index in [2.05, 4.69) is 0 Å². The average Bonchev–Trinajstić information content (AvgIpc) is 2.45. The number of benzene rings is 2. The zero-order valence-electron chi connectivity index (χ0n) is 11.7. The summed E-state index contributed by atoms with van der Waals surface area (Å²) in [6, 6.07) is 14.0. The van der Waals surface area contributed by atoms with Crippen LogP contribution in [0.25, 0.3) is 6.08 Å². The number of hydrogen-bond acceptors (Lipinski definition) is 2. The van der Waals surface area contributed by atoms with Gasteiger partial charge in [0.1, 0.15) is 5.82 Å². The van der Waals surface area contributed by atoms with Crippen LogP contribution in [0.5, 0.6) is 0 Å². The van der Waals surface area contributed by atoms with E-state index < -0.39 is 5.97 Å². The molecule has 0 saturated heterocycles. The molecule has 0 heterocycles. The van der Waals surface area contributed by atoms with Gasteiger partial charge >= 0.3 is 5.97 Å². The number of halogens is 1. The van der Waals surface area contributed by atoms with Crippen molar-refractivity contribution in [2.24, 2.45) is 0 Å². The number of rotatable bonds is 5. The minimum atomic E-state index is -0.975. The van der Waals surface area contributed by atoms with Gasteiger partial charge in [-0.25, -0.2) is 9.18 Å². The van der Waals surface area contributed by atoms with Crippen LogP contribution in [0.2, 0.25) is 0 Å². The number of aliphatic carboxylic acids is 1. The molecule has 4 heteroatoms. The van der Waals surface area contributed by atoms with Crippen LogP contribution in [0.4, 0.5) is 10.1 Å². The minimum Gasteiger partial charge on any atom is -0.478 e. The molecule has 0 unspecified atom stereocenters. The highest BCUT2D eigenvalue weighted by atomic mass is 19.1. The molecular weight excluding hydrogens is 269 g/mol. The van der Waals surface area contributed by atoms with E-state index in [0.717, 1.165) is 22.9 Å². The van der Waals surface area contributed by atoms with Gasteiger partial charge in [0.2, 0.25) is 0 Å². The second-order valence-electron chi connectivity index (χ2n) is 4.75. The van der Waals surface area contributed by atoms with Gasteiger partial charge in [0, 0.05) is 25.4 Å². The van der Waals surface area contributed by atoms with Crippen molar-refractivity contribution in [2.45, 2.75) is 6.54 Å².